The van der Waals surface area contributed by atoms with E-state index in [2.05, 4.69) is 75.5 Å². The highest BCUT2D eigenvalue weighted by atomic mass is 15.1. The number of allylic oxidation sites excluding steroid dienone is 2. The van der Waals surface area contributed by atoms with Crippen LogP contribution in [-0.4, -0.2) is 23.7 Å². The van der Waals surface area contributed by atoms with E-state index < -0.39 is 0 Å². The molecule has 2 heteroatoms. The molecule has 1 aromatic rings. The normalized spacial score (nSPS) is 20.4. The summed E-state index contributed by atoms with van der Waals surface area (Å²) >= 11 is 0. The predicted molar refractivity (Wildman–Crippen MR) is 112 cm³/mol. The van der Waals surface area contributed by atoms with Crippen LogP contribution in [0.5, 0.6) is 0 Å². The monoisotopic (exact) mass is 335 g/mol. The maximum Gasteiger partial charge on any atom is 0.261 e. The summed E-state index contributed by atoms with van der Waals surface area (Å²) in [6.07, 6.45) is 11.3. The fraction of sp³-hybridized carbons (Fsp3) is 0.565. The van der Waals surface area contributed by atoms with Crippen molar-refractivity contribution in [3.63, 3.8) is 0 Å². The molecule has 1 aromatic carbocycles. The van der Waals surface area contributed by atoms with E-state index >= 15 is 0 Å². The van der Waals surface area contributed by atoms with E-state index in [1.54, 1.807) is 5.47 Å². The standard InChI is InChI=1S/C23H34BN/c1-6-11-19-16-23(22-15-10-9-14-21(19)22)24(20-12-7-8-13-20)25(17(2)3)18(4)5/h6,9-10,14-20H,1,7-8,11-13H2,2-5H3. The second-order valence-electron chi connectivity index (χ2n) is 8.46. The first-order chi connectivity index (χ1) is 12.0. The van der Waals surface area contributed by atoms with Crippen LogP contribution in [0.3, 0.4) is 0 Å². The zero-order valence-corrected chi connectivity index (χ0v) is 16.5. The fourth-order valence-electron chi connectivity index (χ4n) is 5.28. The SMILES string of the molecule is C=CCC1C=C(B(C2CCCC2)N(C(C)C)C(C)C)c2ccccc21. The van der Waals surface area contributed by atoms with E-state index in [0.717, 1.165) is 12.2 Å². The third kappa shape index (κ3) is 3.65. The van der Waals surface area contributed by atoms with Gasteiger partial charge in [-0.05, 0) is 35.4 Å². The first-order valence-corrected chi connectivity index (χ1v) is 10.2. The van der Waals surface area contributed by atoms with E-state index in [4.69, 9.17) is 0 Å². The summed E-state index contributed by atoms with van der Waals surface area (Å²) in [7, 11) is 0. The molecule has 0 amide bonds. The minimum Gasteiger partial charge on any atom is -0.333 e. The fourth-order valence-corrected chi connectivity index (χ4v) is 5.28. The van der Waals surface area contributed by atoms with Gasteiger partial charge < -0.3 is 4.81 Å². The van der Waals surface area contributed by atoms with Gasteiger partial charge in [-0.3, -0.25) is 0 Å². The molecule has 1 unspecified atom stereocenters. The van der Waals surface area contributed by atoms with Crippen LogP contribution in [0.1, 0.15) is 76.8 Å². The predicted octanol–water partition coefficient (Wildman–Crippen LogP) is 6.34. The molecular formula is C23H34BN. The van der Waals surface area contributed by atoms with Crippen LogP contribution < -0.4 is 0 Å². The van der Waals surface area contributed by atoms with Crippen LogP contribution in [-0.2, 0) is 0 Å². The van der Waals surface area contributed by atoms with Crippen LogP contribution in [0.4, 0.5) is 0 Å². The van der Waals surface area contributed by atoms with Gasteiger partial charge in [0, 0.05) is 5.92 Å². The van der Waals surface area contributed by atoms with Crippen molar-refractivity contribution in [3.8, 4) is 0 Å². The third-order valence-corrected chi connectivity index (χ3v) is 6.15. The maximum atomic E-state index is 4.00. The second-order valence-corrected chi connectivity index (χ2v) is 8.46. The zero-order valence-electron chi connectivity index (χ0n) is 16.5. The summed E-state index contributed by atoms with van der Waals surface area (Å²) in [6.45, 7) is 14.0. The van der Waals surface area contributed by atoms with Crippen molar-refractivity contribution in [2.45, 2.75) is 83.6 Å². The van der Waals surface area contributed by atoms with Crippen molar-refractivity contribution >= 4 is 12.3 Å². The summed E-state index contributed by atoms with van der Waals surface area (Å²) < 4.78 is 0. The Balaban J connectivity index is 2.06. The summed E-state index contributed by atoms with van der Waals surface area (Å²) in [5, 5.41) is 0. The number of hydrogen-bond acceptors (Lipinski definition) is 1. The smallest absolute Gasteiger partial charge is 0.261 e. The molecule has 2 aliphatic rings. The average molecular weight is 335 g/mol. The molecule has 0 aromatic heterocycles. The van der Waals surface area contributed by atoms with Crippen molar-refractivity contribution in [2.75, 3.05) is 0 Å². The molecule has 0 heterocycles. The number of hydrogen-bond donors (Lipinski definition) is 0. The molecule has 0 N–H and O–H groups in total. The van der Waals surface area contributed by atoms with Crippen molar-refractivity contribution in [2.24, 2.45) is 0 Å². The maximum absolute atomic E-state index is 4.00. The first kappa shape index (κ1) is 18.5. The molecule has 0 spiro atoms. The van der Waals surface area contributed by atoms with Crippen LogP contribution in [0.15, 0.2) is 43.0 Å². The number of rotatable bonds is 7. The highest BCUT2D eigenvalue weighted by molar-refractivity contribution is 6.78. The average Bonchev–Trinajstić information content (AvgIpc) is 3.21. The van der Waals surface area contributed by atoms with E-state index in [0.29, 0.717) is 24.8 Å². The van der Waals surface area contributed by atoms with Crippen LogP contribution in [0, 0.1) is 0 Å². The summed E-state index contributed by atoms with van der Waals surface area (Å²) in [5.74, 6) is 1.31. The lowest BCUT2D eigenvalue weighted by Crippen LogP contribution is -2.51. The Morgan fingerprint density at radius 2 is 1.76 bits per heavy atom. The number of fused-ring (bicyclic) bond motifs is 1. The van der Waals surface area contributed by atoms with Gasteiger partial charge in [0.25, 0.3) is 6.85 Å². The topological polar surface area (TPSA) is 3.24 Å². The van der Waals surface area contributed by atoms with Gasteiger partial charge in [0.15, 0.2) is 0 Å². The molecular weight excluding hydrogens is 301 g/mol. The van der Waals surface area contributed by atoms with Gasteiger partial charge in [-0.25, -0.2) is 0 Å². The summed E-state index contributed by atoms with van der Waals surface area (Å²) in [5.41, 5.74) is 4.60. The van der Waals surface area contributed by atoms with Crippen molar-refractivity contribution in [3.05, 3.63) is 54.1 Å². The molecule has 0 radical (unpaired) electrons. The lowest BCUT2D eigenvalue weighted by atomic mass is 9.42. The van der Waals surface area contributed by atoms with Crippen LogP contribution in [0.2, 0.25) is 5.82 Å². The Bertz CT molecular complexity index is 617. The Morgan fingerprint density at radius 3 is 2.36 bits per heavy atom. The molecule has 0 aliphatic heterocycles. The second kappa shape index (κ2) is 7.95. The molecule has 1 fully saturated rings. The number of nitrogens with zero attached hydrogens (tertiary/aromatic N) is 1. The van der Waals surface area contributed by atoms with Crippen molar-refractivity contribution < 1.29 is 0 Å². The molecule has 1 atom stereocenters. The van der Waals surface area contributed by atoms with Gasteiger partial charge in [0.2, 0.25) is 0 Å². The van der Waals surface area contributed by atoms with Crippen molar-refractivity contribution in [1.29, 1.82) is 0 Å². The molecule has 2 aliphatic carbocycles. The quantitative estimate of drug-likeness (QED) is 0.415. The minimum atomic E-state index is 0.508. The van der Waals surface area contributed by atoms with Gasteiger partial charge in [-0.15, -0.1) is 6.58 Å². The van der Waals surface area contributed by atoms with E-state index in [1.807, 2.05) is 0 Å². The molecule has 0 bridgehead atoms. The van der Waals surface area contributed by atoms with Crippen LogP contribution >= 0.6 is 0 Å². The highest BCUT2D eigenvalue weighted by Crippen LogP contribution is 2.46. The lowest BCUT2D eigenvalue weighted by Gasteiger charge is -2.40. The zero-order chi connectivity index (χ0) is 18.0. The molecule has 0 saturated heterocycles. The van der Waals surface area contributed by atoms with Gasteiger partial charge in [0.05, 0.1) is 0 Å². The van der Waals surface area contributed by atoms with Crippen molar-refractivity contribution in [1.82, 2.24) is 4.81 Å². The lowest BCUT2D eigenvalue weighted by molar-refractivity contribution is 0.301. The molecule has 134 valence electrons. The Labute approximate surface area is 155 Å². The Kier molecular flexibility index (Phi) is 5.89. The largest absolute Gasteiger partial charge is 0.333 e. The Hall–Kier alpha value is -1.28. The minimum absolute atomic E-state index is 0.508. The third-order valence-electron chi connectivity index (χ3n) is 6.15. The molecule has 1 saturated carbocycles. The molecule has 3 rings (SSSR count). The molecule has 1 nitrogen and oxygen atoms in total. The van der Waals surface area contributed by atoms with Gasteiger partial charge >= 0.3 is 0 Å². The Morgan fingerprint density at radius 1 is 1.12 bits per heavy atom. The summed E-state index contributed by atoms with van der Waals surface area (Å²) in [4.78, 5) is 2.77. The van der Waals surface area contributed by atoms with Gasteiger partial charge in [-0.2, -0.15) is 0 Å². The van der Waals surface area contributed by atoms with E-state index in [9.17, 15) is 0 Å². The first-order valence-electron chi connectivity index (χ1n) is 10.2. The van der Waals surface area contributed by atoms with Gasteiger partial charge in [-0.1, -0.05) is 95.3 Å². The van der Waals surface area contributed by atoms with E-state index in [1.165, 1.54) is 36.8 Å². The molecule has 25 heavy (non-hydrogen) atoms. The van der Waals surface area contributed by atoms with Gasteiger partial charge in [0.1, 0.15) is 0 Å². The summed E-state index contributed by atoms with van der Waals surface area (Å²) in [6, 6.07) is 10.2. The van der Waals surface area contributed by atoms with E-state index in [-0.39, 0.29) is 0 Å². The highest BCUT2D eigenvalue weighted by Gasteiger charge is 2.41. The number of benzene rings is 1. The van der Waals surface area contributed by atoms with Crippen LogP contribution in [0.25, 0.3) is 5.47 Å².